The van der Waals surface area contributed by atoms with E-state index < -0.39 is 0 Å². The third-order valence-corrected chi connectivity index (χ3v) is 4.13. The number of thioether (sulfide) groups is 1. The van der Waals surface area contributed by atoms with Gasteiger partial charge >= 0.3 is 0 Å². The normalized spacial score (nSPS) is 12.9. The van der Waals surface area contributed by atoms with Crippen molar-refractivity contribution in [3.8, 4) is 0 Å². The number of hydrogen-bond acceptors (Lipinski definition) is 4. The minimum Gasteiger partial charge on any atom is -0.395 e. The summed E-state index contributed by atoms with van der Waals surface area (Å²) < 4.78 is 0. The van der Waals surface area contributed by atoms with Crippen LogP contribution in [0.4, 0.5) is 0 Å². The Morgan fingerprint density at radius 2 is 2.30 bits per heavy atom. The quantitative estimate of drug-likeness (QED) is 0.655. The van der Waals surface area contributed by atoms with E-state index in [1.807, 2.05) is 6.07 Å². The van der Waals surface area contributed by atoms with Crippen molar-refractivity contribution in [3.05, 3.63) is 23.8 Å². The van der Waals surface area contributed by atoms with Gasteiger partial charge < -0.3 is 15.4 Å². The summed E-state index contributed by atoms with van der Waals surface area (Å²) in [7, 11) is 0. The van der Waals surface area contributed by atoms with E-state index in [4.69, 9.17) is 0 Å². The number of aromatic nitrogens is 2. The molecule has 1 aromatic heterocycles. The summed E-state index contributed by atoms with van der Waals surface area (Å²) in [6.07, 6.45) is 2.03. The number of imidazole rings is 1. The fraction of sp³-hybridized carbons (Fsp3) is 0.533. The monoisotopic (exact) mass is 293 g/mol. The maximum absolute atomic E-state index is 9.30. The van der Waals surface area contributed by atoms with Gasteiger partial charge in [0.05, 0.1) is 17.6 Å². The van der Waals surface area contributed by atoms with Gasteiger partial charge in [-0.3, -0.25) is 0 Å². The van der Waals surface area contributed by atoms with Crippen molar-refractivity contribution in [2.45, 2.75) is 37.9 Å². The number of aromatic amines is 1. The lowest BCUT2D eigenvalue weighted by atomic mass is 10.2. The van der Waals surface area contributed by atoms with Gasteiger partial charge in [-0.25, -0.2) is 4.98 Å². The number of aliphatic hydroxyl groups excluding tert-OH is 1. The van der Waals surface area contributed by atoms with Crippen LogP contribution in [0, 0.1) is 6.92 Å². The molecule has 0 saturated heterocycles. The topological polar surface area (TPSA) is 60.9 Å². The molecule has 0 radical (unpaired) electrons. The Morgan fingerprint density at radius 1 is 1.45 bits per heavy atom. The molecule has 0 saturated carbocycles. The molecule has 0 bridgehead atoms. The molecule has 1 atom stereocenters. The number of benzene rings is 1. The molecule has 0 fully saturated rings. The number of H-pyrrole nitrogens is 1. The average Bonchev–Trinajstić information content (AvgIpc) is 2.84. The number of hydrogen-bond donors (Lipinski definition) is 3. The molecule has 1 heterocycles. The average molecular weight is 293 g/mol. The van der Waals surface area contributed by atoms with Crippen LogP contribution in [0.2, 0.25) is 0 Å². The number of aryl methyl sites for hydroxylation is 1. The summed E-state index contributed by atoms with van der Waals surface area (Å²) in [5.41, 5.74) is 3.35. The number of aliphatic hydroxyl groups is 1. The van der Waals surface area contributed by atoms with E-state index in [2.05, 4.69) is 41.3 Å². The van der Waals surface area contributed by atoms with E-state index in [1.165, 1.54) is 5.56 Å². The summed E-state index contributed by atoms with van der Waals surface area (Å²) in [5, 5.41) is 13.6. The molecule has 4 nitrogen and oxygen atoms in total. The smallest absolute Gasteiger partial charge is 0.166 e. The van der Waals surface area contributed by atoms with E-state index >= 15 is 0 Å². The maximum atomic E-state index is 9.30. The van der Waals surface area contributed by atoms with Crippen LogP contribution in [-0.4, -0.2) is 40.0 Å². The minimum absolute atomic E-state index is 0.189. The zero-order valence-electron chi connectivity index (χ0n) is 12.1. The lowest BCUT2D eigenvalue weighted by Gasteiger charge is -2.14. The molecule has 1 aromatic carbocycles. The van der Waals surface area contributed by atoms with Crippen LogP contribution in [-0.2, 0) is 0 Å². The maximum Gasteiger partial charge on any atom is 0.166 e. The van der Waals surface area contributed by atoms with E-state index in [-0.39, 0.29) is 12.6 Å². The minimum atomic E-state index is 0.189. The van der Waals surface area contributed by atoms with Crippen molar-refractivity contribution < 1.29 is 5.11 Å². The van der Waals surface area contributed by atoms with Gasteiger partial charge in [0.2, 0.25) is 0 Å². The van der Waals surface area contributed by atoms with Crippen LogP contribution >= 0.6 is 11.8 Å². The van der Waals surface area contributed by atoms with Gasteiger partial charge in [0.25, 0.3) is 0 Å². The Kier molecular flexibility index (Phi) is 5.88. The number of nitrogens with zero attached hydrogens (tertiary/aromatic N) is 1. The molecular weight excluding hydrogens is 270 g/mol. The van der Waals surface area contributed by atoms with Crippen molar-refractivity contribution in [2.24, 2.45) is 0 Å². The number of rotatable bonds is 8. The molecular formula is C15H23N3OS. The molecule has 0 aliphatic carbocycles. The summed E-state index contributed by atoms with van der Waals surface area (Å²) in [4.78, 5) is 7.90. The van der Waals surface area contributed by atoms with Gasteiger partial charge in [-0.05, 0) is 44.0 Å². The molecule has 0 aliphatic rings. The zero-order chi connectivity index (χ0) is 14.4. The fourth-order valence-electron chi connectivity index (χ4n) is 2.07. The van der Waals surface area contributed by atoms with Gasteiger partial charge in [0, 0.05) is 11.8 Å². The first-order valence-corrected chi connectivity index (χ1v) is 8.15. The highest BCUT2D eigenvalue weighted by atomic mass is 32.2. The van der Waals surface area contributed by atoms with Gasteiger partial charge in [-0.1, -0.05) is 24.8 Å². The van der Waals surface area contributed by atoms with Crippen molar-refractivity contribution in [2.75, 3.05) is 18.9 Å². The molecule has 5 heteroatoms. The SMILES string of the molecule is CCCNC(CO)CCSc1nc2ccc(C)cc2[nH]1. The zero-order valence-corrected chi connectivity index (χ0v) is 13.0. The standard InChI is InChI=1S/C15H23N3OS/c1-3-7-16-12(10-19)6-8-20-15-17-13-5-4-11(2)9-14(13)18-15/h4-5,9,12,16,19H,3,6-8,10H2,1-2H3,(H,17,18). The van der Waals surface area contributed by atoms with Gasteiger partial charge in [-0.15, -0.1) is 0 Å². The largest absolute Gasteiger partial charge is 0.395 e. The first-order chi connectivity index (χ1) is 9.72. The van der Waals surface area contributed by atoms with E-state index in [0.717, 1.165) is 41.3 Å². The van der Waals surface area contributed by atoms with Crippen molar-refractivity contribution in [3.63, 3.8) is 0 Å². The second kappa shape index (κ2) is 7.67. The first kappa shape index (κ1) is 15.4. The molecule has 20 heavy (non-hydrogen) atoms. The number of nitrogens with one attached hydrogen (secondary N) is 2. The highest BCUT2D eigenvalue weighted by Crippen LogP contribution is 2.21. The lowest BCUT2D eigenvalue weighted by Crippen LogP contribution is -2.33. The Labute approximate surface area is 124 Å². The lowest BCUT2D eigenvalue weighted by molar-refractivity contribution is 0.240. The van der Waals surface area contributed by atoms with E-state index in [1.54, 1.807) is 11.8 Å². The van der Waals surface area contributed by atoms with E-state index in [9.17, 15) is 5.11 Å². The van der Waals surface area contributed by atoms with Crippen molar-refractivity contribution in [1.29, 1.82) is 0 Å². The second-order valence-electron chi connectivity index (χ2n) is 5.03. The Hall–Kier alpha value is -1.04. The molecule has 2 rings (SSSR count). The second-order valence-corrected chi connectivity index (χ2v) is 6.12. The van der Waals surface area contributed by atoms with Crippen LogP contribution < -0.4 is 5.32 Å². The molecule has 3 N–H and O–H groups in total. The predicted molar refractivity (Wildman–Crippen MR) is 85.3 cm³/mol. The van der Waals surface area contributed by atoms with Crippen LogP contribution in [0.15, 0.2) is 23.4 Å². The van der Waals surface area contributed by atoms with Gasteiger partial charge in [-0.2, -0.15) is 0 Å². The molecule has 0 aliphatic heterocycles. The summed E-state index contributed by atoms with van der Waals surface area (Å²) in [6.45, 7) is 5.37. The Bertz CT molecular complexity index is 541. The van der Waals surface area contributed by atoms with Gasteiger partial charge in [0.1, 0.15) is 0 Å². The fourth-order valence-corrected chi connectivity index (χ4v) is 3.01. The number of fused-ring (bicyclic) bond motifs is 1. The van der Waals surface area contributed by atoms with Crippen LogP contribution in [0.1, 0.15) is 25.3 Å². The van der Waals surface area contributed by atoms with Crippen molar-refractivity contribution >= 4 is 22.8 Å². The molecule has 1 unspecified atom stereocenters. The molecule has 2 aromatic rings. The predicted octanol–water partition coefficient (Wildman–Crippen LogP) is 2.71. The van der Waals surface area contributed by atoms with E-state index in [0.29, 0.717) is 0 Å². The van der Waals surface area contributed by atoms with Crippen LogP contribution in [0.25, 0.3) is 11.0 Å². The summed E-state index contributed by atoms with van der Waals surface area (Å²) in [6, 6.07) is 6.43. The van der Waals surface area contributed by atoms with Gasteiger partial charge in [0.15, 0.2) is 5.16 Å². The van der Waals surface area contributed by atoms with Crippen LogP contribution in [0.3, 0.4) is 0 Å². The first-order valence-electron chi connectivity index (χ1n) is 7.16. The summed E-state index contributed by atoms with van der Waals surface area (Å²) >= 11 is 1.71. The highest BCUT2D eigenvalue weighted by molar-refractivity contribution is 7.99. The van der Waals surface area contributed by atoms with Crippen molar-refractivity contribution in [1.82, 2.24) is 15.3 Å². The third kappa shape index (κ3) is 4.23. The highest BCUT2D eigenvalue weighted by Gasteiger charge is 2.08. The van der Waals surface area contributed by atoms with Crippen LogP contribution in [0.5, 0.6) is 0 Å². The summed E-state index contributed by atoms with van der Waals surface area (Å²) in [5.74, 6) is 0.945. The molecule has 110 valence electrons. The Balaban J connectivity index is 1.86. The molecule has 0 amide bonds. The third-order valence-electron chi connectivity index (χ3n) is 3.22. The molecule has 0 spiro atoms. The Morgan fingerprint density at radius 3 is 3.05 bits per heavy atom.